The number of halogens is 1. The monoisotopic (exact) mass is 219 g/mol. The first-order chi connectivity index (χ1) is 7.74. The molecule has 0 atom stereocenters. The van der Waals surface area contributed by atoms with E-state index in [0.29, 0.717) is 24.2 Å². The van der Waals surface area contributed by atoms with Gasteiger partial charge in [-0.1, -0.05) is 6.92 Å². The third kappa shape index (κ3) is 1.84. The number of benzene rings is 1. The molecule has 0 fully saturated rings. The van der Waals surface area contributed by atoms with Crippen LogP contribution in [0.2, 0.25) is 0 Å². The summed E-state index contributed by atoms with van der Waals surface area (Å²) < 4.78 is 14.3. The summed E-state index contributed by atoms with van der Waals surface area (Å²) in [4.78, 5) is 14.6. The van der Waals surface area contributed by atoms with Gasteiger partial charge in [-0.25, -0.2) is 14.1 Å². The SMILES string of the molecule is CCc1nc(C=O)nn1-c1ccc(F)cc1. The molecule has 16 heavy (non-hydrogen) atoms. The summed E-state index contributed by atoms with van der Waals surface area (Å²) in [5.41, 5.74) is 0.693. The minimum absolute atomic E-state index is 0.140. The van der Waals surface area contributed by atoms with E-state index in [1.807, 2.05) is 6.92 Å². The fourth-order valence-corrected chi connectivity index (χ4v) is 1.43. The summed E-state index contributed by atoms with van der Waals surface area (Å²) in [6.07, 6.45) is 1.25. The second kappa shape index (κ2) is 4.22. The molecule has 1 aromatic carbocycles. The molecule has 0 aliphatic carbocycles. The van der Waals surface area contributed by atoms with Crippen molar-refractivity contribution < 1.29 is 9.18 Å². The van der Waals surface area contributed by atoms with Crippen molar-refractivity contribution in [2.45, 2.75) is 13.3 Å². The van der Waals surface area contributed by atoms with E-state index >= 15 is 0 Å². The highest BCUT2D eigenvalue weighted by Gasteiger charge is 2.09. The zero-order chi connectivity index (χ0) is 11.5. The highest BCUT2D eigenvalue weighted by Crippen LogP contribution is 2.11. The predicted molar refractivity (Wildman–Crippen MR) is 56.1 cm³/mol. The van der Waals surface area contributed by atoms with Crippen molar-refractivity contribution >= 4 is 6.29 Å². The van der Waals surface area contributed by atoms with Gasteiger partial charge in [-0.2, -0.15) is 0 Å². The number of hydrogen-bond donors (Lipinski definition) is 0. The zero-order valence-electron chi connectivity index (χ0n) is 8.72. The molecule has 2 rings (SSSR count). The summed E-state index contributed by atoms with van der Waals surface area (Å²) in [5.74, 6) is 0.507. The lowest BCUT2D eigenvalue weighted by atomic mass is 10.3. The standard InChI is InChI=1S/C11H10FN3O/c1-2-11-13-10(7-16)14-15(11)9-5-3-8(12)4-6-9/h3-7H,2H2,1H3. The molecule has 0 unspecified atom stereocenters. The summed E-state index contributed by atoms with van der Waals surface area (Å²) >= 11 is 0. The van der Waals surface area contributed by atoms with E-state index in [4.69, 9.17) is 0 Å². The predicted octanol–water partition coefficient (Wildman–Crippen LogP) is 1.78. The fraction of sp³-hybridized carbons (Fsp3) is 0.182. The van der Waals surface area contributed by atoms with E-state index in [2.05, 4.69) is 10.1 Å². The van der Waals surface area contributed by atoms with Crippen LogP contribution in [0.1, 0.15) is 23.4 Å². The maximum atomic E-state index is 12.8. The largest absolute Gasteiger partial charge is 0.294 e. The van der Waals surface area contributed by atoms with Crippen LogP contribution in [-0.4, -0.2) is 21.1 Å². The lowest BCUT2D eigenvalue weighted by Gasteiger charge is -2.03. The van der Waals surface area contributed by atoms with E-state index in [1.54, 1.807) is 16.8 Å². The van der Waals surface area contributed by atoms with Gasteiger partial charge in [0, 0.05) is 6.42 Å². The number of aldehydes is 1. The second-order valence-electron chi connectivity index (χ2n) is 3.25. The highest BCUT2D eigenvalue weighted by molar-refractivity contribution is 5.68. The van der Waals surface area contributed by atoms with Crippen LogP contribution in [0.5, 0.6) is 0 Å². The first-order valence-electron chi connectivity index (χ1n) is 4.91. The molecule has 0 aliphatic heterocycles. The molecular formula is C11H10FN3O. The smallest absolute Gasteiger partial charge is 0.214 e. The van der Waals surface area contributed by atoms with Crippen LogP contribution in [0.4, 0.5) is 4.39 Å². The Bertz CT molecular complexity index is 504. The maximum Gasteiger partial charge on any atom is 0.214 e. The highest BCUT2D eigenvalue weighted by atomic mass is 19.1. The number of aryl methyl sites for hydroxylation is 1. The van der Waals surface area contributed by atoms with Crippen LogP contribution in [0.15, 0.2) is 24.3 Å². The van der Waals surface area contributed by atoms with E-state index in [-0.39, 0.29) is 11.6 Å². The van der Waals surface area contributed by atoms with Crippen molar-refractivity contribution in [3.63, 3.8) is 0 Å². The molecule has 0 saturated heterocycles. The molecule has 5 heteroatoms. The molecule has 0 spiro atoms. The number of hydrogen-bond acceptors (Lipinski definition) is 3. The molecular weight excluding hydrogens is 209 g/mol. The van der Waals surface area contributed by atoms with Gasteiger partial charge in [0.1, 0.15) is 11.6 Å². The Hall–Kier alpha value is -2.04. The van der Waals surface area contributed by atoms with Crippen LogP contribution in [0.25, 0.3) is 5.69 Å². The summed E-state index contributed by atoms with van der Waals surface area (Å²) in [7, 11) is 0. The minimum atomic E-state index is -0.308. The lowest BCUT2D eigenvalue weighted by molar-refractivity contribution is 0.111. The zero-order valence-corrected chi connectivity index (χ0v) is 8.72. The van der Waals surface area contributed by atoms with Crippen LogP contribution in [0.3, 0.4) is 0 Å². The van der Waals surface area contributed by atoms with Gasteiger partial charge in [0.2, 0.25) is 5.82 Å². The van der Waals surface area contributed by atoms with Gasteiger partial charge in [0.15, 0.2) is 6.29 Å². The number of carbonyl (C=O) groups excluding carboxylic acids is 1. The number of nitrogens with zero attached hydrogens (tertiary/aromatic N) is 3. The molecule has 0 saturated carbocycles. The number of rotatable bonds is 3. The van der Waals surface area contributed by atoms with Gasteiger partial charge >= 0.3 is 0 Å². The van der Waals surface area contributed by atoms with E-state index in [0.717, 1.165) is 0 Å². The summed E-state index contributed by atoms with van der Waals surface area (Å²) in [6.45, 7) is 1.92. The molecule has 1 aromatic heterocycles. The Balaban J connectivity index is 2.49. The molecule has 1 heterocycles. The lowest BCUT2D eigenvalue weighted by Crippen LogP contribution is -2.01. The number of carbonyl (C=O) groups is 1. The Morgan fingerprint density at radius 1 is 1.38 bits per heavy atom. The third-order valence-corrected chi connectivity index (χ3v) is 2.18. The molecule has 0 amide bonds. The maximum absolute atomic E-state index is 12.8. The number of aromatic nitrogens is 3. The minimum Gasteiger partial charge on any atom is -0.294 e. The van der Waals surface area contributed by atoms with Crippen molar-refractivity contribution in [2.24, 2.45) is 0 Å². The average Bonchev–Trinajstić information content (AvgIpc) is 2.73. The topological polar surface area (TPSA) is 47.8 Å². The molecule has 0 N–H and O–H groups in total. The van der Waals surface area contributed by atoms with Crippen molar-refractivity contribution in [3.8, 4) is 5.69 Å². The third-order valence-electron chi connectivity index (χ3n) is 2.18. The van der Waals surface area contributed by atoms with Crippen LogP contribution in [0, 0.1) is 5.82 Å². The van der Waals surface area contributed by atoms with Crippen molar-refractivity contribution in [1.29, 1.82) is 0 Å². The summed E-state index contributed by atoms with van der Waals surface area (Å²) in [5, 5.41) is 4.01. The Labute approximate surface area is 91.7 Å². The molecule has 0 radical (unpaired) electrons. The van der Waals surface area contributed by atoms with Gasteiger partial charge < -0.3 is 0 Å². The molecule has 2 aromatic rings. The van der Waals surface area contributed by atoms with Gasteiger partial charge in [0.25, 0.3) is 0 Å². The Morgan fingerprint density at radius 2 is 2.06 bits per heavy atom. The second-order valence-corrected chi connectivity index (χ2v) is 3.25. The van der Waals surface area contributed by atoms with Gasteiger partial charge in [-0.3, -0.25) is 4.79 Å². The van der Waals surface area contributed by atoms with Crippen LogP contribution >= 0.6 is 0 Å². The Morgan fingerprint density at radius 3 is 2.62 bits per heavy atom. The average molecular weight is 219 g/mol. The van der Waals surface area contributed by atoms with E-state index in [1.165, 1.54) is 12.1 Å². The van der Waals surface area contributed by atoms with Gasteiger partial charge in [0.05, 0.1) is 5.69 Å². The first kappa shape index (κ1) is 10.5. The molecule has 0 aliphatic rings. The Kier molecular flexibility index (Phi) is 2.76. The molecule has 4 nitrogen and oxygen atoms in total. The van der Waals surface area contributed by atoms with Gasteiger partial charge in [-0.15, -0.1) is 5.10 Å². The first-order valence-corrected chi connectivity index (χ1v) is 4.91. The summed E-state index contributed by atoms with van der Waals surface area (Å²) in [6, 6.07) is 5.88. The van der Waals surface area contributed by atoms with Crippen LogP contribution in [-0.2, 0) is 6.42 Å². The van der Waals surface area contributed by atoms with Crippen LogP contribution < -0.4 is 0 Å². The molecule has 82 valence electrons. The normalized spacial score (nSPS) is 10.4. The van der Waals surface area contributed by atoms with Crippen molar-refractivity contribution in [3.05, 3.63) is 41.7 Å². The van der Waals surface area contributed by atoms with Crippen molar-refractivity contribution in [2.75, 3.05) is 0 Å². The van der Waals surface area contributed by atoms with Gasteiger partial charge in [-0.05, 0) is 24.3 Å². The quantitative estimate of drug-likeness (QED) is 0.739. The fourth-order valence-electron chi connectivity index (χ4n) is 1.43. The van der Waals surface area contributed by atoms with Crippen molar-refractivity contribution in [1.82, 2.24) is 14.8 Å². The molecule has 0 bridgehead atoms. The van der Waals surface area contributed by atoms with E-state index in [9.17, 15) is 9.18 Å². The van der Waals surface area contributed by atoms with E-state index < -0.39 is 0 Å².